The molecule has 0 aliphatic carbocycles. The molecule has 2 saturated heterocycles. The van der Waals surface area contributed by atoms with Crippen LogP contribution in [-0.4, -0.2) is 108 Å². The number of hydrogen-bond acceptors (Lipinski definition) is 14. The highest BCUT2D eigenvalue weighted by Crippen LogP contribution is 2.45. The smallest absolute Gasteiger partial charge is 0.197 e. The van der Waals surface area contributed by atoms with Crippen molar-refractivity contribution in [1.29, 1.82) is 0 Å². The molecule has 2 aliphatic heterocycles. The molecule has 3 aromatic rings. The number of phenols is 3. The van der Waals surface area contributed by atoms with E-state index in [0.717, 1.165) is 12.1 Å². The Balaban J connectivity index is 1.67. The van der Waals surface area contributed by atoms with Gasteiger partial charge in [0.25, 0.3) is 0 Å². The van der Waals surface area contributed by atoms with E-state index >= 15 is 0 Å². The van der Waals surface area contributed by atoms with Gasteiger partial charge in [-0.3, -0.25) is 4.79 Å². The average molecular weight is 564 g/mol. The average Bonchev–Trinajstić information content (AvgIpc) is 3.21. The van der Waals surface area contributed by atoms with Gasteiger partial charge in [-0.05, 0) is 24.3 Å². The second-order valence-electron chi connectivity index (χ2n) is 9.80. The summed E-state index contributed by atoms with van der Waals surface area (Å²) >= 11 is 0. The second-order valence-corrected chi connectivity index (χ2v) is 9.80. The summed E-state index contributed by atoms with van der Waals surface area (Å²) in [5.74, 6) is -1.39. The fraction of sp³-hybridized carbons (Fsp3) is 0.423. The van der Waals surface area contributed by atoms with Gasteiger partial charge in [-0.2, -0.15) is 0 Å². The van der Waals surface area contributed by atoms with E-state index in [1.807, 2.05) is 0 Å². The monoisotopic (exact) mass is 564 g/mol. The van der Waals surface area contributed by atoms with Crippen molar-refractivity contribution in [2.75, 3.05) is 19.8 Å². The summed E-state index contributed by atoms with van der Waals surface area (Å²) in [4.78, 5) is 13.1. The number of ether oxygens (including phenoxy) is 3. The fourth-order valence-electron chi connectivity index (χ4n) is 4.90. The second kappa shape index (κ2) is 10.6. The lowest BCUT2D eigenvalue weighted by Gasteiger charge is -2.43. The summed E-state index contributed by atoms with van der Waals surface area (Å²) in [6.45, 7) is -2.21. The summed E-state index contributed by atoms with van der Waals surface area (Å²) in [6, 6.07) is 7.52. The Labute approximate surface area is 225 Å². The Morgan fingerprint density at radius 1 is 0.975 bits per heavy atom. The van der Waals surface area contributed by atoms with E-state index in [1.54, 1.807) is 0 Å². The number of phenolic OH excluding ortho intramolecular Hbond substituents is 3. The molecule has 0 bridgehead atoms. The van der Waals surface area contributed by atoms with Crippen LogP contribution in [-0.2, 0) is 14.2 Å². The van der Waals surface area contributed by atoms with Crippen LogP contribution in [0.25, 0.3) is 22.3 Å². The normalized spacial score (nSPS) is 32.5. The topological polar surface area (TPSA) is 240 Å². The minimum Gasteiger partial charge on any atom is -0.508 e. The van der Waals surface area contributed by atoms with Gasteiger partial charge in [0.15, 0.2) is 17.3 Å². The molecule has 0 saturated carbocycles. The van der Waals surface area contributed by atoms with Crippen LogP contribution in [0.2, 0.25) is 0 Å². The predicted octanol–water partition coefficient (Wildman–Crippen LogP) is -1.44. The molecule has 0 spiro atoms. The molecule has 216 valence electrons. The Hall–Kier alpha value is -3.31. The Kier molecular flexibility index (Phi) is 7.47. The predicted molar refractivity (Wildman–Crippen MR) is 132 cm³/mol. The summed E-state index contributed by atoms with van der Waals surface area (Å²) in [6.07, 6.45) is -11.7. The molecule has 3 heterocycles. The lowest BCUT2D eigenvalue weighted by Crippen LogP contribution is -2.58. The van der Waals surface area contributed by atoms with Crippen LogP contribution in [0, 0.1) is 0 Å². The summed E-state index contributed by atoms with van der Waals surface area (Å²) < 4.78 is 22.7. The van der Waals surface area contributed by atoms with Crippen LogP contribution in [0.1, 0.15) is 11.7 Å². The molecule has 0 unspecified atom stereocenters. The van der Waals surface area contributed by atoms with Gasteiger partial charge in [-0.1, -0.05) is 0 Å². The van der Waals surface area contributed by atoms with Crippen LogP contribution in [0.3, 0.4) is 0 Å². The van der Waals surface area contributed by atoms with Gasteiger partial charge in [0.2, 0.25) is 0 Å². The van der Waals surface area contributed by atoms with Gasteiger partial charge in [0.05, 0.1) is 25.4 Å². The Bertz CT molecular complexity index is 1440. The molecule has 5 rings (SSSR count). The van der Waals surface area contributed by atoms with Gasteiger partial charge in [-0.25, -0.2) is 0 Å². The van der Waals surface area contributed by atoms with Crippen molar-refractivity contribution in [1.82, 2.24) is 0 Å². The fourth-order valence-corrected chi connectivity index (χ4v) is 4.90. The highest BCUT2D eigenvalue weighted by molar-refractivity contribution is 5.89. The third-order valence-electron chi connectivity index (χ3n) is 7.17. The van der Waals surface area contributed by atoms with Crippen molar-refractivity contribution in [3.63, 3.8) is 0 Å². The van der Waals surface area contributed by atoms with Crippen LogP contribution in [0.4, 0.5) is 0 Å². The number of fused-ring (bicyclic) bond motifs is 1. The standard InChI is InChI=1S/C26H28O14/c27-7-16-19(33)20(34)23(40-25-24(35)26(36,8-28)9-37-25)22(39-16)18-13(31)5-12(30)17-14(32)6-15(38-21(17)18)10-1-3-11(29)4-2-10/h1-6,16,19-20,22-25,27-31,33-36H,7-9H2/t16-,19-,20+,22+,23-,24-,25-,26+/m1/s1. The quantitative estimate of drug-likeness (QED) is 0.167. The number of aliphatic hydroxyl groups excluding tert-OH is 5. The first kappa shape index (κ1) is 28.2. The number of aromatic hydroxyl groups is 3. The van der Waals surface area contributed by atoms with E-state index in [4.69, 9.17) is 18.6 Å². The van der Waals surface area contributed by atoms with Crippen molar-refractivity contribution < 1.29 is 64.6 Å². The highest BCUT2D eigenvalue weighted by atomic mass is 16.7. The van der Waals surface area contributed by atoms with E-state index < -0.39 is 85.3 Å². The number of benzene rings is 2. The minimum atomic E-state index is -2.09. The van der Waals surface area contributed by atoms with Crippen molar-refractivity contribution in [2.45, 2.75) is 48.5 Å². The zero-order valence-corrected chi connectivity index (χ0v) is 20.7. The van der Waals surface area contributed by atoms with Gasteiger partial charge in [0.1, 0.15) is 70.6 Å². The molecule has 1 aromatic heterocycles. The van der Waals surface area contributed by atoms with E-state index in [-0.39, 0.29) is 28.0 Å². The zero-order chi connectivity index (χ0) is 28.9. The summed E-state index contributed by atoms with van der Waals surface area (Å²) in [5, 5.41) is 92.3. The first-order valence-electron chi connectivity index (χ1n) is 12.2. The molecule has 40 heavy (non-hydrogen) atoms. The van der Waals surface area contributed by atoms with E-state index in [2.05, 4.69) is 0 Å². The van der Waals surface area contributed by atoms with Gasteiger partial charge in [0, 0.05) is 17.7 Å². The minimum absolute atomic E-state index is 0.0288. The van der Waals surface area contributed by atoms with Gasteiger partial charge >= 0.3 is 0 Å². The van der Waals surface area contributed by atoms with Crippen LogP contribution < -0.4 is 5.43 Å². The van der Waals surface area contributed by atoms with E-state index in [1.165, 1.54) is 24.3 Å². The van der Waals surface area contributed by atoms with Gasteiger partial charge < -0.3 is 64.6 Å². The molecular formula is C26H28O14. The van der Waals surface area contributed by atoms with Crippen LogP contribution in [0.15, 0.2) is 45.6 Å². The SMILES string of the molecule is O=c1cc(-c2ccc(O)cc2)oc2c([C@@H]3O[C@H](CO)[C@@H](O)[C@H](O)[C@H]3O[C@H]3OC[C@@](O)(CO)[C@@H]3O)c(O)cc(O)c12. The molecule has 14 heteroatoms. The van der Waals surface area contributed by atoms with Crippen molar-refractivity contribution >= 4 is 11.0 Å². The molecule has 8 atom stereocenters. The lowest BCUT2D eigenvalue weighted by atomic mass is 9.89. The molecule has 2 aromatic carbocycles. The zero-order valence-electron chi connectivity index (χ0n) is 20.7. The summed E-state index contributed by atoms with van der Waals surface area (Å²) in [7, 11) is 0. The van der Waals surface area contributed by atoms with Crippen molar-refractivity contribution in [3.05, 3.63) is 52.2 Å². The molecule has 14 nitrogen and oxygen atoms in total. The van der Waals surface area contributed by atoms with Crippen molar-refractivity contribution in [2.24, 2.45) is 0 Å². The highest BCUT2D eigenvalue weighted by Gasteiger charge is 2.53. The number of hydrogen-bond donors (Lipinski definition) is 9. The molecular weight excluding hydrogens is 536 g/mol. The third kappa shape index (κ3) is 4.68. The van der Waals surface area contributed by atoms with Crippen molar-refractivity contribution in [3.8, 4) is 28.6 Å². The van der Waals surface area contributed by atoms with Crippen LogP contribution >= 0.6 is 0 Å². The first-order valence-corrected chi connectivity index (χ1v) is 12.2. The maximum Gasteiger partial charge on any atom is 0.197 e. The van der Waals surface area contributed by atoms with E-state index in [0.29, 0.717) is 5.56 Å². The number of rotatable bonds is 6. The summed E-state index contributed by atoms with van der Waals surface area (Å²) in [5.41, 5.74) is -3.17. The molecule has 9 N–H and O–H groups in total. The third-order valence-corrected chi connectivity index (χ3v) is 7.17. The van der Waals surface area contributed by atoms with Crippen LogP contribution in [0.5, 0.6) is 17.2 Å². The lowest BCUT2D eigenvalue weighted by molar-refractivity contribution is -0.286. The molecule has 0 radical (unpaired) electrons. The molecule has 0 amide bonds. The molecule has 2 aliphatic rings. The Morgan fingerprint density at radius 2 is 1.68 bits per heavy atom. The first-order chi connectivity index (χ1) is 19.0. The van der Waals surface area contributed by atoms with Gasteiger partial charge in [-0.15, -0.1) is 0 Å². The largest absolute Gasteiger partial charge is 0.508 e. The number of aliphatic hydroxyl groups is 6. The Morgan fingerprint density at radius 3 is 2.30 bits per heavy atom. The maximum atomic E-state index is 13.1. The van der Waals surface area contributed by atoms with E-state index in [9.17, 15) is 50.8 Å². The molecule has 2 fully saturated rings. The maximum absolute atomic E-state index is 13.1.